The van der Waals surface area contributed by atoms with Gasteiger partial charge in [0.25, 0.3) is 0 Å². The Morgan fingerprint density at radius 1 is 1.19 bits per heavy atom. The molecule has 2 aromatic carbocycles. The summed E-state index contributed by atoms with van der Waals surface area (Å²) in [5, 5.41) is 3.10. The molecule has 0 spiro atoms. The first-order valence-electron chi connectivity index (χ1n) is 9.34. The van der Waals surface area contributed by atoms with Crippen molar-refractivity contribution in [1.82, 2.24) is 4.90 Å². The Morgan fingerprint density at radius 2 is 2.00 bits per heavy atom. The number of hydrogen-bond donors (Lipinski definition) is 1. The minimum Gasteiger partial charge on any atom is -0.494 e. The van der Waals surface area contributed by atoms with Crippen molar-refractivity contribution in [2.24, 2.45) is 0 Å². The number of ether oxygens (including phenoxy) is 1. The number of fused-ring (bicyclic) bond motifs is 1. The number of amides is 1. The van der Waals surface area contributed by atoms with Gasteiger partial charge in [0.1, 0.15) is 5.75 Å². The van der Waals surface area contributed by atoms with Gasteiger partial charge in [0.05, 0.1) is 12.6 Å². The van der Waals surface area contributed by atoms with Crippen molar-refractivity contribution in [2.75, 3.05) is 18.5 Å². The molecular formula is C22H28N2O2. The van der Waals surface area contributed by atoms with Gasteiger partial charge in [-0.05, 0) is 74.6 Å². The van der Waals surface area contributed by atoms with Gasteiger partial charge in [0, 0.05) is 18.8 Å². The lowest BCUT2D eigenvalue weighted by Gasteiger charge is -2.33. The van der Waals surface area contributed by atoms with Crippen molar-refractivity contribution in [3.63, 3.8) is 0 Å². The zero-order chi connectivity index (χ0) is 18.7. The fraction of sp³-hybridized carbons (Fsp3) is 0.409. The van der Waals surface area contributed by atoms with Gasteiger partial charge in [0.2, 0.25) is 5.91 Å². The van der Waals surface area contributed by atoms with Crippen LogP contribution in [0.4, 0.5) is 5.69 Å². The Morgan fingerprint density at radius 3 is 2.77 bits per heavy atom. The highest BCUT2D eigenvalue weighted by Gasteiger charge is 2.26. The van der Waals surface area contributed by atoms with Gasteiger partial charge >= 0.3 is 0 Å². The van der Waals surface area contributed by atoms with E-state index in [2.05, 4.69) is 28.4 Å². The van der Waals surface area contributed by atoms with Crippen LogP contribution in [0.25, 0.3) is 0 Å². The second-order valence-electron chi connectivity index (χ2n) is 7.07. The first-order chi connectivity index (χ1) is 12.5. The number of aryl methyl sites for hydroxylation is 2. The highest BCUT2D eigenvalue weighted by molar-refractivity contribution is 5.95. The molecule has 0 saturated heterocycles. The summed E-state index contributed by atoms with van der Waals surface area (Å²) in [5.74, 6) is 0.948. The Labute approximate surface area is 156 Å². The summed E-state index contributed by atoms with van der Waals surface area (Å²) in [7, 11) is 0. The molecular weight excluding hydrogens is 324 g/mol. The number of anilines is 1. The van der Waals surface area contributed by atoms with E-state index in [1.54, 1.807) is 0 Å². The van der Waals surface area contributed by atoms with Crippen LogP contribution in [0.3, 0.4) is 0 Å². The van der Waals surface area contributed by atoms with E-state index >= 15 is 0 Å². The summed E-state index contributed by atoms with van der Waals surface area (Å²) < 4.78 is 5.62. The molecule has 3 rings (SSSR count). The quantitative estimate of drug-likeness (QED) is 0.881. The number of hydrogen-bond acceptors (Lipinski definition) is 3. The summed E-state index contributed by atoms with van der Waals surface area (Å²) in [6, 6.07) is 12.3. The molecule has 1 atom stereocenters. The maximum absolute atomic E-state index is 12.8. The standard InChI is InChI=1S/C22H28N2O2/c1-5-26-20-9-8-18-10-11-24(14-19(18)13-20)17(4)22(25)23-21-12-15(2)6-7-16(21)3/h6-9,12-13,17H,5,10-11,14H2,1-4H3,(H,23,25). The van der Waals surface area contributed by atoms with Crippen molar-refractivity contribution in [2.45, 2.75) is 46.7 Å². The molecule has 1 heterocycles. The Bertz CT molecular complexity index is 801. The van der Waals surface area contributed by atoms with Crippen LogP contribution in [-0.2, 0) is 17.8 Å². The van der Waals surface area contributed by atoms with E-state index in [4.69, 9.17) is 4.74 Å². The topological polar surface area (TPSA) is 41.6 Å². The second kappa shape index (κ2) is 7.92. The fourth-order valence-electron chi connectivity index (χ4n) is 3.42. The van der Waals surface area contributed by atoms with Gasteiger partial charge in [-0.25, -0.2) is 0 Å². The van der Waals surface area contributed by atoms with E-state index in [9.17, 15) is 4.79 Å². The molecule has 2 aromatic rings. The van der Waals surface area contributed by atoms with Crippen molar-refractivity contribution >= 4 is 11.6 Å². The molecule has 4 heteroatoms. The number of rotatable bonds is 5. The SMILES string of the molecule is CCOc1ccc2c(c1)CN(C(C)C(=O)Nc1cc(C)ccc1C)CC2. The lowest BCUT2D eigenvalue weighted by atomic mass is 9.98. The van der Waals surface area contributed by atoms with Crippen molar-refractivity contribution in [3.05, 3.63) is 58.7 Å². The summed E-state index contributed by atoms with van der Waals surface area (Å²) >= 11 is 0. The molecule has 1 amide bonds. The number of carbonyl (C=O) groups excluding carboxylic acids is 1. The molecule has 0 bridgehead atoms. The van der Waals surface area contributed by atoms with Crippen LogP contribution < -0.4 is 10.1 Å². The van der Waals surface area contributed by atoms with Gasteiger partial charge in [-0.3, -0.25) is 9.69 Å². The molecule has 138 valence electrons. The summed E-state index contributed by atoms with van der Waals surface area (Å²) in [4.78, 5) is 15.0. The molecule has 1 aliphatic heterocycles. The van der Waals surface area contributed by atoms with E-state index in [1.165, 1.54) is 11.1 Å². The molecule has 0 saturated carbocycles. The summed E-state index contributed by atoms with van der Waals surface area (Å²) in [6.45, 7) is 10.4. The third kappa shape index (κ3) is 4.07. The average molecular weight is 352 g/mol. The predicted octanol–water partition coefficient (Wildman–Crippen LogP) is 4.09. The third-order valence-electron chi connectivity index (χ3n) is 5.11. The molecule has 1 N–H and O–H groups in total. The van der Waals surface area contributed by atoms with E-state index in [-0.39, 0.29) is 11.9 Å². The normalized spacial score (nSPS) is 15.2. The van der Waals surface area contributed by atoms with Crippen LogP contribution in [0.2, 0.25) is 0 Å². The fourth-order valence-corrected chi connectivity index (χ4v) is 3.42. The molecule has 0 aromatic heterocycles. The van der Waals surface area contributed by atoms with E-state index in [0.717, 1.165) is 42.1 Å². The van der Waals surface area contributed by atoms with Crippen LogP contribution in [0, 0.1) is 13.8 Å². The van der Waals surface area contributed by atoms with Gasteiger partial charge in [-0.15, -0.1) is 0 Å². The molecule has 1 unspecified atom stereocenters. The molecule has 1 aliphatic rings. The molecule has 0 fully saturated rings. The zero-order valence-electron chi connectivity index (χ0n) is 16.1. The lowest BCUT2D eigenvalue weighted by Crippen LogP contribution is -2.44. The maximum Gasteiger partial charge on any atom is 0.241 e. The van der Waals surface area contributed by atoms with Crippen LogP contribution in [-0.4, -0.2) is 30.0 Å². The van der Waals surface area contributed by atoms with Crippen molar-refractivity contribution < 1.29 is 9.53 Å². The highest BCUT2D eigenvalue weighted by atomic mass is 16.5. The summed E-state index contributed by atoms with van der Waals surface area (Å²) in [5.41, 5.74) is 5.74. The molecule has 0 aliphatic carbocycles. The van der Waals surface area contributed by atoms with E-state index in [1.807, 2.05) is 45.9 Å². The molecule has 0 radical (unpaired) electrons. The van der Waals surface area contributed by atoms with Gasteiger partial charge in [-0.1, -0.05) is 18.2 Å². The Kier molecular flexibility index (Phi) is 5.62. The Balaban J connectivity index is 1.70. The minimum absolute atomic E-state index is 0.0445. The number of nitrogens with one attached hydrogen (secondary N) is 1. The van der Waals surface area contributed by atoms with Crippen LogP contribution >= 0.6 is 0 Å². The first kappa shape index (κ1) is 18.5. The van der Waals surface area contributed by atoms with Gasteiger partial charge in [-0.2, -0.15) is 0 Å². The van der Waals surface area contributed by atoms with Crippen LogP contribution in [0.15, 0.2) is 36.4 Å². The highest BCUT2D eigenvalue weighted by Crippen LogP contribution is 2.25. The number of nitrogens with zero attached hydrogens (tertiary/aromatic N) is 1. The van der Waals surface area contributed by atoms with Crippen LogP contribution in [0.1, 0.15) is 36.1 Å². The minimum atomic E-state index is -0.182. The Hall–Kier alpha value is -2.33. The average Bonchev–Trinajstić information content (AvgIpc) is 2.63. The van der Waals surface area contributed by atoms with Gasteiger partial charge in [0.15, 0.2) is 0 Å². The smallest absolute Gasteiger partial charge is 0.241 e. The largest absolute Gasteiger partial charge is 0.494 e. The maximum atomic E-state index is 12.8. The first-order valence-corrected chi connectivity index (χ1v) is 9.34. The third-order valence-corrected chi connectivity index (χ3v) is 5.11. The van der Waals surface area contributed by atoms with E-state index < -0.39 is 0 Å². The molecule has 4 nitrogen and oxygen atoms in total. The summed E-state index contributed by atoms with van der Waals surface area (Å²) in [6.07, 6.45) is 0.961. The zero-order valence-corrected chi connectivity index (χ0v) is 16.1. The number of benzene rings is 2. The number of carbonyl (C=O) groups is 1. The second-order valence-corrected chi connectivity index (χ2v) is 7.07. The monoisotopic (exact) mass is 352 g/mol. The van der Waals surface area contributed by atoms with Crippen molar-refractivity contribution in [1.29, 1.82) is 0 Å². The lowest BCUT2D eigenvalue weighted by molar-refractivity contribution is -0.121. The predicted molar refractivity (Wildman–Crippen MR) is 106 cm³/mol. The van der Waals surface area contributed by atoms with E-state index in [0.29, 0.717) is 6.61 Å². The van der Waals surface area contributed by atoms with Crippen molar-refractivity contribution in [3.8, 4) is 5.75 Å². The molecule has 26 heavy (non-hydrogen) atoms. The van der Waals surface area contributed by atoms with Gasteiger partial charge < -0.3 is 10.1 Å². The van der Waals surface area contributed by atoms with Crippen LogP contribution in [0.5, 0.6) is 5.75 Å².